The van der Waals surface area contributed by atoms with E-state index in [1.807, 2.05) is 6.92 Å². The van der Waals surface area contributed by atoms with E-state index in [0.29, 0.717) is 6.10 Å². The van der Waals surface area contributed by atoms with Crippen molar-refractivity contribution in [3.05, 3.63) is 11.8 Å². The fourth-order valence-electron chi connectivity index (χ4n) is 1.44. The standard InChI is InChI=1S/C10H17NO2/c1-8(6-9(2)12)11-7-10-4-3-5-13-10/h6,10-11H,3-5,7H2,1-2H3/b8-6-. The Bertz CT molecular complexity index is 205. The van der Waals surface area contributed by atoms with Crippen molar-refractivity contribution in [2.24, 2.45) is 0 Å². The van der Waals surface area contributed by atoms with Gasteiger partial charge in [0.05, 0.1) is 6.10 Å². The van der Waals surface area contributed by atoms with Gasteiger partial charge < -0.3 is 10.1 Å². The number of carbonyl (C=O) groups excluding carboxylic acids is 1. The summed E-state index contributed by atoms with van der Waals surface area (Å²) >= 11 is 0. The minimum absolute atomic E-state index is 0.0809. The van der Waals surface area contributed by atoms with Gasteiger partial charge in [0.15, 0.2) is 5.78 Å². The van der Waals surface area contributed by atoms with Crippen molar-refractivity contribution in [2.75, 3.05) is 13.2 Å². The highest BCUT2D eigenvalue weighted by atomic mass is 16.5. The van der Waals surface area contributed by atoms with E-state index in [4.69, 9.17) is 4.74 Å². The van der Waals surface area contributed by atoms with Crippen LogP contribution in [0.25, 0.3) is 0 Å². The third-order valence-corrected chi connectivity index (χ3v) is 2.05. The quantitative estimate of drug-likeness (QED) is 0.666. The third kappa shape index (κ3) is 4.08. The van der Waals surface area contributed by atoms with Crippen LogP contribution in [0.5, 0.6) is 0 Å². The molecule has 74 valence electrons. The molecule has 0 aromatic rings. The molecular formula is C10H17NO2. The zero-order valence-corrected chi connectivity index (χ0v) is 8.30. The van der Waals surface area contributed by atoms with E-state index in [-0.39, 0.29) is 5.78 Å². The fraction of sp³-hybridized carbons (Fsp3) is 0.700. The van der Waals surface area contributed by atoms with E-state index in [9.17, 15) is 4.79 Å². The molecule has 0 aromatic heterocycles. The predicted molar refractivity (Wildman–Crippen MR) is 51.4 cm³/mol. The van der Waals surface area contributed by atoms with Crippen LogP contribution in [0.2, 0.25) is 0 Å². The number of hydrogen-bond donors (Lipinski definition) is 1. The Hall–Kier alpha value is -0.830. The van der Waals surface area contributed by atoms with E-state index in [1.54, 1.807) is 13.0 Å². The molecule has 0 amide bonds. The summed E-state index contributed by atoms with van der Waals surface area (Å²) in [6, 6.07) is 0. The lowest BCUT2D eigenvalue weighted by molar-refractivity contribution is -0.112. The summed E-state index contributed by atoms with van der Waals surface area (Å²) in [5.41, 5.74) is 0.919. The van der Waals surface area contributed by atoms with Gasteiger partial charge in [-0.1, -0.05) is 0 Å². The van der Waals surface area contributed by atoms with Crippen LogP contribution in [0.1, 0.15) is 26.7 Å². The molecule has 1 saturated heterocycles. The number of nitrogens with one attached hydrogen (secondary N) is 1. The Balaban J connectivity index is 2.21. The Labute approximate surface area is 79.2 Å². The summed E-state index contributed by atoms with van der Waals surface area (Å²) < 4.78 is 5.43. The molecule has 0 radical (unpaired) electrons. The molecule has 3 heteroatoms. The van der Waals surface area contributed by atoms with E-state index >= 15 is 0 Å². The third-order valence-electron chi connectivity index (χ3n) is 2.05. The average Bonchev–Trinajstić information content (AvgIpc) is 2.51. The number of carbonyl (C=O) groups is 1. The van der Waals surface area contributed by atoms with Crippen molar-refractivity contribution in [3.8, 4) is 0 Å². The summed E-state index contributed by atoms with van der Waals surface area (Å²) in [6.07, 6.45) is 4.22. The summed E-state index contributed by atoms with van der Waals surface area (Å²) in [5.74, 6) is 0.0809. The van der Waals surface area contributed by atoms with E-state index < -0.39 is 0 Å². The highest BCUT2D eigenvalue weighted by Crippen LogP contribution is 2.10. The highest BCUT2D eigenvalue weighted by molar-refractivity contribution is 5.87. The van der Waals surface area contributed by atoms with Crippen LogP contribution in [0, 0.1) is 0 Å². The van der Waals surface area contributed by atoms with Crippen molar-refractivity contribution >= 4 is 5.78 Å². The van der Waals surface area contributed by atoms with Gasteiger partial charge in [-0.05, 0) is 32.8 Å². The second-order valence-electron chi connectivity index (χ2n) is 3.45. The van der Waals surface area contributed by atoms with Gasteiger partial charge >= 0.3 is 0 Å². The first-order valence-corrected chi connectivity index (χ1v) is 4.73. The maximum atomic E-state index is 10.7. The molecule has 0 bridgehead atoms. The minimum atomic E-state index is 0.0809. The lowest BCUT2D eigenvalue weighted by atomic mass is 10.2. The molecule has 1 heterocycles. The zero-order chi connectivity index (χ0) is 9.68. The van der Waals surface area contributed by atoms with Crippen LogP contribution in [-0.4, -0.2) is 25.0 Å². The first-order chi connectivity index (χ1) is 6.18. The van der Waals surface area contributed by atoms with Crippen LogP contribution < -0.4 is 5.32 Å². The number of hydrogen-bond acceptors (Lipinski definition) is 3. The van der Waals surface area contributed by atoms with Gasteiger partial charge in [-0.3, -0.25) is 4.79 Å². The summed E-state index contributed by atoms with van der Waals surface area (Å²) in [5, 5.41) is 3.17. The molecule has 1 atom stereocenters. The average molecular weight is 183 g/mol. The van der Waals surface area contributed by atoms with Crippen LogP contribution in [0.4, 0.5) is 0 Å². The van der Waals surface area contributed by atoms with Gasteiger partial charge in [-0.2, -0.15) is 0 Å². The molecule has 13 heavy (non-hydrogen) atoms. The van der Waals surface area contributed by atoms with Crippen LogP contribution >= 0.6 is 0 Å². The number of rotatable bonds is 4. The van der Waals surface area contributed by atoms with Crippen LogP contribution in [0.3, 0.4) is 0 Å². The van der Waals surface area contributed by atoms with Crippen molar-refractivity contribution in [3.63, 3.8) is 0 Å². The van der Waals surface area contributed by atoms with Crippen molar-refractivity contribution < 1.29 is 9.53 Å². The molecule has 1 fully saturated rings. The SMILES string of the molecule is CC(=O)/C=C(/C)NCC1CCCO1. The van der Waals surface area contributed by atoms with E-state index in [1.165, 1.54) is 0 Å². The first-order valence-electron chi connectivity index (χ1n) is 4.73. The summed E-state index contributed by atoms with van der Waals surface area (Å²) in [6.45, 7) is 5.14. The highest BCUT2D eigenvalue weighted by Gasteiger charge is 2.14. The molecule has 1 unspecified atom stereocenters. The molecule has 1 rings (SSSR count). The lowest BCUT2D eigenvalue weighted by Gasteiger charge is -2.11. The lowest BCUT2D eigenvalue weighted by Crippen LogP contribution is -2.25. The Morgan fingerprint density at radius 2 is 2.38 bits per heavy atom. The van der Waals surface area contributed by atoms with Gasteiger partial charge in [-0.25, -0.2) is 0 Å². The first kappa shape index (κ1) is 10.3. The van der Waals surface area contributed by atoms with E-state index in [0.717, 1.165) is 31.7 Å². The van der Waals surface area contributed by atoms with Crippen LogP contribution in [-0.2, 0) is 9.53 Å². The largest absolute Gasteiger partial charge is 0.386 e. The Morgan fingerprint density at radius 1 is 1.62 bits per heavy atom. The summed E-state index contributed by atoms with van der Waals surface area (Å²) in [7, 11) is 0. The minimum Gasteiger partial charge on any atom is -0.386 e. The molecule has 1 N–H and O–H groups in total. The molecular weight excluding hydrogens is 166 g/mol. The smallest absolute Gasteiger partial charge is 0.154 e. The number of ether oxygens (including phenoxy) is 1. The Morgan fingerprint density at radius 3 is 2.92 bits per heavy atom. The zero-order valence-electron chi connectivity index (χ0n) is 8.30. The van der Waals surface area contributed by atoms with Crippen molar-refractivity contribution in [2.45, 2.75) is 32.8 Å². The normalized spacial score (nSPS) is 23.2. The van der Waals surface area contributed by atoms with Gasteiger partial charge in [0.1, 0.15) is 0 Å². The van der Waals surface area contributed by atoms with Gasteiger partial charge in [0.2, 0.25) is 0 Å². The second kappa shape index (κ2) is 5.02. The van der Waals surface area contributed by atoms with Crippen molar-refractivity contribution in [1.82, 2.24) is 5.32 Å². The molecule has 3 nitrogen and oxygen atoms in total. The molecule has 1 aliphatic heterocycles. The van der Waals surface area contributed by atoms with Crippen LogP contribution in [0.15, 0.2) is 11.8 Å². The van der Waals surface area contributed by atoms with Gasteiger partial charge in [-0.15, -0.1) is 0 Å². The summed E-state index contributed by atoms with van der Waals surface area (Å²) in [4.78, 5) is 10.7. The van der Waals surface area contributed by atoms with Gasteiger partial charge in [0, 0.05) is 18.8 Å². The van der Waals surface area contributed by atoms with Gasteiger partial charge in [0.25, 0.3) is 0 Å². The second-order valence-corrected chi connectivity index (χ2v) is 3.45. The maximum Gasteiger partial charge on any atom is 0.154 e. The number of allylic oxidation sites excluding steroid dienone is 2. The van der Waals surface area contributed by atoms with Crippen molar-refractivity contribution in [1.29, 1.82) is 0 Å². The Kier molecular flexibility index (Phi) is 3.96. The predicted octanol–water partition coefficient (Wildman–Crippen LogP) is 1.25. The molecule has 0 aromatic carbocycles. The molecule has 0 spiro atoms. The molecule has 1 aliphatic rings. The molecule has 0 aliphatic carbocycles. The monoisotopic (exact) mass is 183 g/mol. The maximum absolute atomic E-state index is 10.7. The molecule has 0 saturated carbocycles. The number of ketones is 1. The fourth-order valence-corrected chi connectivity index (χ4v) is 1.44. The van der Waals surface area contributed by atoms with E-state index in [2.05, 4.69) is 5.32 Å². The topological polar surface area (TPSA) is 38.3 Å².